The first kappa shape index (κ1) is 21.4. The van der Waals surface area contributed by atoms with Crippen molar-refractivity contribution in [3.8, 4) is 5.75 Å². The molecule has 3 rings (SSSR count). The van der Waals surface area contributed by atoms with Gasteiger partial charge >= 0.3 is 5.97 Å². The van der Waals surface area contributed by atoms with E-state index in [1.807, 2.05) is 24.3 Å². The Morgan fingerprint density at radius 3 is 2.40 bits per heavy atom. The number of rotatable bonds is 7. The Kier molecular flexibility index (Phi) is 6.72. The Labute approximate surface area is 176 Å². The number of benzene rings is 2. The zero-order chi connectivity index (χ0) is 21.7. The number of ether oxygens (including phenoxy) is 2. The number of hydrogen-bond donors (Lipinski definition) is 1. The summed E-state index contributed by atoms with van der Waals surface area (Å²) in [5, 5.41) is 2.69. The number of esters is 1. The Bertz CT molecular complexity index is 908. The third kappa shape index (κ3) is 4.97. The van der Waals surface area contributed by atoms with Crippen molar-refractivity contribution >= 4 is 29.2 Å². The second kappa shape index (κ2) is 9.43. The summed E-state index contributed by atoms with van der Waals surface area (Å²) < 4.78 is 10.4. The standard InChI is InChI=1S/C23H26N2O5/c1-4-16-5-9-19(10-6-16)25-14-17(13-21(25)26)23(28)30-15(2)22(27)24-18-7-11-20(29-3)12-8-18/h5-12,15,17H,4,13-14H2,1-3H3,(H,24,27)/t15-,17+/m1/s1. The molecular formula is C23H26N2O5. The van der Waals surface area contributed by atoms with Crippen LogP contribution in [-0.4, -0.2) is 37.5 Å². The van der Waals surface area contributed by atoms with Gasteiger partial charge in [0.1, 0.15) is 5.75 Å². The molecule has 0 radical (unpaired) electrons. The fraction of sp³-hybridized carbons (Fsp3) is 0.348. The highest BCUT2D eigenvalue weighted by atomic mass is 16.5. The van der Waals surface area contributed by atoms with Crippen LogP contribution in [-0.2, 0) is 25.5 Å². The molecule has 7 nitrogen and oxygen atoms in total. The summed E-state index contributed by atoms with van der Waals surface area (Å²) in [6.45, 7) is 3.82. The molecule has 0 spiro atoms. The van der Waals surface area contributed by atoms with Crippen LogP contribution in [0.1, 0.15) is 25.8 Å². The second-order valence-corrected chi connectivity index (χ2v) is 7.22. The number of hydrogen-bond acceptors (Lipinski definition) is 5. The predicted octanol–water partition coefficient (Wildman–Crippen LogP) is 3.18. The summed E-state index contributed by atoms with van der Waals surface area (Å²) in [5.74, 6) is -1.04. The molecule has 1 fully saturated rings. The number of nitrogens with zero attached hydrogens (tertiary/aromatic N) is 1. The quantitative estimate of drug-likeness (QED) is 0.709. The predicted molar refractivity (Wildman–Crippen MR) is 113 cm³/mol. The van der Waals surface area contributed by atoms with Crippen molar-refractivity contribution in [3.05, 3.63) is 54.1 Å². The van der Waals surface area contributed by atoms with Gasteiger partial charge in [0.15, 0.2) is 6.10 Å². The molecule has 2 aromatic carbocycles. The van der Waals surface area contributed by atoms with E-state index in [9.17, 15) is 14.4 Å². The molecule has 2 atom stereocenters. The van der Waals surface area contributed by atoms with Crippen LogP contribution in [0, 0.1) is 5.92 Å². The number of methoxy groups -OCH3 is 1. The number of carbonyl (C=O) groups is 3. The van der Waals surface area contributed by atoms with Crippen molar-refractivity contribution < 1.29 is 23.9 Å². The number of carbonyl (C=O) groups excluding carboxylic acids is 3. The molecule has 0 saturated carbocycles. The monoisotopic (exact) mass is 410 g/mol. The molecule has 0 unspecified atom stereocenters. The molecule has 1 aliphatic rings. The topological polar surface area (TPSA) is 84.9 Å². The van der Waals surface area contributed by atoms with Crippen molar-refractivity contribution in [1.82, 2.24) is 0 Å². The van der Waals surface area contributed by atoms with Gasteiger partial charge in [0, 0.05) is 24.3 Å². The second-order valence-electron chi connectivity index (χ2n) is 7.22. The van der Waals surface area contributed by atoms with Crippen LogP contribution in [0.15, 0.2) is 48.5 Å². The molecule has 7 heteroatoms. The third-order valence-electron chi connectivity index (χ3n) is 5.13. The summed E-state index contributed by atoms with van der Waals surface area (Å²) in [4.78, 5) is 38.8. The minimum absolute atomic E-state index is 0.0706. The van der Waals surface area contributed by atoms with Gasteiger partial charge in [0.05, 0.1) is 13.0 Å². The van der Waals surface area contributed by atoms with E-state index in [1.54, 1.807) is 36.3 Å². The van der Waals surface area contributed by atoms with E-state index in [-0.39, 0.29) is 18.9 Å². The lowest BCUT2D eigenvalue weighted by Crippen LogP contribution is -2.33. The summed E-state index contributed by atoms with van der Waals surface area (Å²) in [5.41, 5.74) is 2.51. The van der Waals surface area contributed by atoms with Crippen LogP contribution < -0.4 is 15.0 Å². The van der Waals surface area contributed by atoms with E-state index in [4.69, 9.17) is 9.47 Å². The first-order valence-electron chi connectivity index (χ1n) is 9.96. The molecular weight excluding hydrogens is 384 g/mol. The Morgan fingerprint density at radius 2 is 1.80 bits per heavy atom. The van der Waals surface area contributed by atoms with Gasteiger partial charge in [-0.3, -0.25) is 14.4 Å². The number of nitrogens with one attached hydrogen (secondary N) is 1. The molecule has 1 saturated heterocycles. The lowest BCUT2D eigenvalue weighted by atomic mass is 10.1. The van der Waals surface area contributed by atoms with Crippen LogP contribution in [0.2, 0.25) is 0 Å². The van der Waals surface area contributed by atoms with Crippen molar-refractivity contribution in [2.45, 2.75) is 32.8 Å². The maximum atomic E-state index is 12.5. The van der Waals surface area contributed by atoms with Gasteiger partial charge in [-0.25, -0.2) is 0 Å². The molecule has 1 N–H and O–H groups in total. The van der Waals surface area contributed by atoms with E-state index in [2.05, 4.69) is 12.2 Å². The Hall–Kier alpha value is -3.35. The molecule has 0 aliphatic carbocycles. The maximum absolute atomic E-state index is 12.5. The Balaban J connectivity index is 1.55. The smallest absolute Gasteiger partial charge is 0.312 e. The fourth-order valence-electron chi connectivity index (χ4n) is 3.27. The SMILES string of the molecule is CCc1ccc(N2C[C@@H](C(=O)O[C@H](C)C(=O)Nc3ccc(OC)cc3)CC2=O)cc1. The summed E-state index contributed by atoms with van der Waals surface area (Å²) in [7, 11) is 1.56. The lowest BCUT2D eigenvalue weighted by Gasteiger charge is -2.18. The Morgan fingerprint density at radius 1 is 1.13 bits per heavy atom. The molecule has 1 heterocycles. The van der Waals surface area contributed by atoms with Gasteiger partial charge in [-0.05, 0) is 55.3 Å². The molecule has 30 heavy (non-hydrogen) atoms. The van der Waals surface area contributed by atoms with Crippen LogP contribution in [0.3, 0.4) is 0 Å². The average molecular weight is 410 g/mol. The molecule has 2 aromatic rings. The van der Waals surface area contributed by atoms with Crippen LogP contribution in [0.25, 0.3) is 0 Å². The van der Waals surface area contributed by atoms with Crippen molar-refractivity contribution in [2.75, 3.05) is 23.9 Å². The molecule has 1 aliphatic heterocycles. The number of anilines is 2. The minimum Gasteiger partial charge on any atom is -0.497 e. The van der Waals surface area contributed by atoms with Gasteiger partial charge in [0.25, 0.3) is 5.91 Å². The maximum Gasteiger partial charge on any atom is 0.312 e. The summed E-state index contributed by atoms with van der Waals surface area (Å²) in [6, 6.07) is 14.5. The van der Waals surface area contributed by atoms with Crippen LogP contribution >= 0.6 is 0 Å². The van der Waals surface area contributed by atoms with Gasteiger partial charge < -0.3 is 19.7 Å². The molecule has 158 valence electrons. The van der Waals surface area contributed by atoms with Crippen molar-refractivity contribution in [2.24, 2.45) is 5.92 Å². The van der Waals surface area contributed by atoms with Gasteiger partial charge in [-0.1, -0.05) is 19.1 Å². The number of aryl methyl sites for hydroxylation is 1. The van der Waals surface area contributed by atoms with Crippen LogP contribution in [0.5, 0.6) is 5.75 Å². The first-order chi connectivity index (χ1) is 14.4. The zero-order valence-electron chi connectivity index (χ0n) is 17.4. The van der Waals surface area contributed by atoms with Gasteiger partial charge in [-0.2, -0.15) is 0 Å². The minimum atomic E-state index is -0.979. The van der Waals surface area contributed by atoms with E-state index in [0.717, 1.165) is 12.1 Å². The summed E-state index contributed by atoms with van der Waals surface area (Å²) in [6.07, 6.45) is 0.00786. The lowest BCUT2D eigenvalue weighted by molar-refractivity contribution is -0.157. The molecule has 0 bridgehead atoms. The highest BCUT2D eigenvalue weighted by molar-refractivity contribution is 6.00. The largest absolute Gasteiger partial charge is 0.497 e. The normalized spacial score (nSPS) is 16.8. The van der Waals surface area contributed by atoms with E-state index >= 15 is 0 Å². The first-order valence-corrected chi connectivity index (χ1v) is 9.96. The molecule has 2 amide bonds. The van der Waals surface area contributed by atoms with Crippen molar-refractivity contribution in [1.29, 1.82) is 0 Å². The third-order valence-corrected chi connectivity index (χ3v) is 5.13. The summed E-state index contributed by atoms with van der Waals surface area (Å²) >= 11 is 0. The van der Waals surface area contributed by atoms with E-state index in [0.29, 0.717) is 11.4 Å². The molecule has 0 aromatic heterocycles. The number of amides is 2. The zero-order valence-corrected chi connectivity index (χ0v) is 17.4. The highest BCUT2D eigenvalue weighted by Crippen LogP contribution is 2.26. The average Bonchev–Trinajstić information content (AvgIpc) is 3.16. The van der Waals surface area contributed by atoms with Gasteiger partial charge in [-0.15, -0.1) is 0 Å². The highest BCUT2D eigenvalue weighted by Gasteiger charge is 2.37. The fourth-order valence-corrected chi connectivity index (χ4v) is 3.27. The van der Waals surface area contributed by atoms with Gasteiger partial charge in [0.2, 0.25) is 5.91 Å². The van der Waals surface area contributed by atoms with Crippen molar-refractivity contribution in [3.63, 3.8) is 0 Å². The van der Waals surface area contributed by atoms with E-state index in [1.165, 1.54) is 12.5 Å². The van der Waals surface area contributed by atoms with E-state index < -0.39 is 23.9 Å². The van der Waals surface area contributed by atoms with Crippen LogP contribution in [0.4, 0.5) is 11.4 Å².